The van der Waals surface area contributed by atoms with Gasteiger partial charge in [0.15, 0.2) is 0 Å². The molecule has 1 aromatic carbocycles. The highest BCUT2D eigenvalue weighted by Crippen LogP contribution is 2.31. The van der Waals surface area contributed by atoms with Crippen molar-refractivity contribution >= 4 is 16.7 Å². The normalized spacial score (nSPS) is 16.6. The molecule has 8 heteroatoms. The van der Waals surface area contributed by atoms with Crippen LogP contribution in [-0.4, -0.2) is 44.0 Å². The van der Waals surface area contributed by atoms with E-state index in [1.165, 1.54) is 5.56 Å². The third kappa shape index (κ3) is 3.56. The molecule has 32 heavy (non-hydrogen) atoms. The lowest BCUT2D eigenvalue weighted by Crippen LogP contribution is -2.39. The summed E-state index contributed by atoms with van der Waals surface area (Å²) in [5.74, 6) is 1.42. The van der Waals surface area contributed by atoms with E-state index in [4.69, 9.17) is 14.7 Å². The third-order valence-electron chi connectivity index (χ3n) is 6.09. The second-order valence-electron chi connectivity index (χ2n) is 8.37. The lowest BCUT2D eigenvalue weighted by atomic mass is 10.1. The van der Waals surface area contributed by atoms with Gasteiger partial charge in [-0.3, -0.25) is 14.0 Å². The molecular weight excluding hydrogens is 404 g/mol. The Morgan fingerprint density at radius 3 is 2.59 bits per heavy atom. The van der Waals surface area contributed by atoms with Crippen LogP contribution in [0.25, 0.3) is 22.2 Å². The Morgan fingerprint density at radius 2 is 1.88 bits per heavy atom. The molecule has 1 saturated heterocycles. The number of hydrogen-bond acceptors (Lipinski definition) is 6. The Balaban J connectivity index is 1.64. The van der Waals surface area contributed by atoms with E-state index in [-0.39, 0.29) is 11.7 Å². The molecule has 0 unspecified atom stereocenters. The number of ether oxygens (including phenoxy) is 1. The molecule has 0 radical (unpaired) electrons. The van der Waals surface area contributed by atoms with E-state index in [0.29, 0.717) is 36.4 Å². The van der Waals surface area contributed by atoms with Crippen molar-refractivity contribution < 1.29 is 4.74 Å². The molecule has 1 atom stereocenters. The van der Waals surface area contributed by atoms with Gasteiger partial charge >= 0.3 is 0 Å². The van der Waals surface area contributed by atoms with Gasteiger partial charge in [0, 0.05) is 44.5 Å². The molecule has 0 spiro atoms. The van der Waals surface area contributed by atoms with Crippen LogP contribution in [0.5, 0.6) is 0 Å². The van der Waals surface area contributed by atoms with Crippen molar-refractivity contribution in [3.63, 3.8) is 0 Å². The molecule has 0 saturated carbocycles. The average Bonchev–Trinajstić information content (AvgIpc) is 3.24. The molecule has 4 aromatic rings. The second kappa shape index (κ2) is 7.87. The Labute approximate surface area is 186 Å². The van der Waals surface area contributed by atoms with Gasteiger partial charge in [-0.25, -0.2) is 9.97 Å². The Morgan fingerprint density at radius 1 is 1.09 bits per heavy atom. The monoisotopic (exact) mass is 430 g/mol. The molecule has 0 bridgehead atoms. The summed E-state index contributed by atoms with van der Waals surface area (Å²) in [6.45, 7) is 5.80. The van der Waals surface area contributed by atoms with Gasteiger partial charge in [0.25, 0.3) is 5.56 Å². The first-order chi connectivity index (χ1) is 15.4. The zero-order valence-electron chi connectivity index (χ0n) is 18.7. The molecule has 1 aliphatic rings. The quantitative estimate of drug-likeness (QED) is 0.497. The highest BCUT2D eigenvalue weighted by molar-refractivity contribution is 5.93. The van der Waals surface area contributed by atoms with Gasteiger partial charge < -0.3 is 9.64 Å². The van der Waals surface area contributed by atoms with Gasteiger partial charge in [-0.1, -0.05) is 29.8 Å². The molecular formula is C24H26N6O2. The highest BCUT2D eigenvalue weighted by atomic mass is 16.5. The maximum Gasteiger partial charge on any atom is 0.261 e. The van der Waals surface area contributed by atoms with Crippen LogP contribution in [0.3, 0.4) is 0 Å². The largest absolute Gasteiger partial charge is 0.370 e. The molecule has 1 fully saturated rings. The zero-order valence-corrected chi connectivity index (χ0v) is 18.7. The van der Waals surface area contributed by atoms with Crippen molar-refractivity contribution in [2.75, 3.05) is 24.6 Å². The van der Waals surface area contributed by atoms with Crippen molar-refractivity contribution in [3.05, 3.63) is 70.0 Å². The van der Waals surface area contributed by atoms with Crippen molar-refractivity contribution in [3.8, 4) is 11.3 Å². The van der Waals surface area contributed by atoms with Crippen molar-refractivity contribution in [1.82, 2.24) is 24.3 Å². The maximum absolute atomic E-state index is 13.2. The van der Waals surface area contributed by atoms with Crippen LogP contribution in [0.15, 0.2) is 47.5 Å². The van der Waals surface area contributed by atoms with Crippen LogP contribution < -0.4 is 10.5 Å². The molecule has 0 aliphatic carbocycles. The summed E-state index contributed by atoms with van der Waals surface area (Å²) in [6, 6.07) is 10.0. The van der Waals surface area contributed by atoms with Crippen LogP contribution >= 0.6 is 0 Å². The smallest absolute Gasteiger partial charge is 0.261 e. The minimum absolute atomic E-state index is 0.0680. The molecule has 1 aliphatic heterocycles. The number of fused-ring (bicyclic) bond motifs is 1. The van der Waals surface area contributed by atoms with E-state index in [1.807, 2.05) is 44.6 Å². The number of pyridine rings is 1. The van der Waals surface area contributed by atoms with Crippen LogP contribution in [0, 0.1) is 13.8 Å². The fraction of sp³-hybridized carbons (Fsp3) is 0.333. The van der Waals surface area contributed by atoms with Gasteiger partial charge in [0.1, 0.15) is 23.3 Å². The van der Waals surface area contributed by atoms with Gasteiger partial charge in [-0.05, 0) is 19.9 Å². The lowest BCUT2D eigenvalue weighted by molar-refractivity contribution is 0.0395. The molecule has 4 heterocycles. The van der Waals surface area contributed by atoms with Crippen LogP contribution in [0.2, 0.25) is 0 Å². The first-order valence-corrected chi connectivity index (χ1v) is 10.7. The van der Waals surface area contributed by atoms with Crippen molar-refractivity contribution in [2.24, 2.45) is 14.1 Å². The summed E-state index contributed by atoms with van der Waals surface area (Å²) in [7, 11) is 3.65. The van der Waals surface area contributed by atoms with E-state index in [0.717, 1.165) is 22.6 Å². The van der Waals surface area contributed by atoms with Gasteiger partial charge in [-0.15, -0.1) is 0 Å². The molecule has 164 valence electrons. The predicted octanol–water partition coefficient (Wildman–Crippen LogP) is 2.92. The average molecular weight is 431 g/mol. The summed E-state index contributed by atoms with van der Waals surface area (Å²) in [5, 5.41) is 4.84. The summed E-state index contributed by atoms with van der Waals surface area (Å²) in [4.78, 5) is 25.1. The fourth-order valence-corrected chi connectivity index (χ4v) is 4.11. The van der Waals surface area contributed by atoms with E-state index < -0.39 is 0 Å². The third-order valence-corrected chi connectivity index (χ3v) is 6.09. The number of nitrogens with zero attached hydrogens (tertiary/aromatic N) is 6. The summed E-state index contributed by atoms with van der Waals surface area (Å²) < 4.78 is 9.37. The zero-order chi connectivity index (χ0) is 22.4. The van der Waals surface area contributed by atoms with E-state index in [9.17, 15) is 4.79 Å². The summed E-state index contributed by atoms with van der Waals surface area (Å²) >= 11 is 0. The molecule has 0 N–H and O–H groups in total. The molecule has 3 aromatic heterocycles. The number of anilines is 1. The number of benzene rings is 1. The number of morpholine rings is 1. The van der Waals surface area contributed by atoms with Gasteiger partial charge in [-0.2, -0.15) is 5.10 Å². The van der Waals surface area contributed by atoms with E-state index in [1.54, 1.807) is 16.3 Å². The number of rotatable bonds is 3. The SMILES string of the molecule is Cc1ccc(-c2nc(N3CCO[C@H](c4cnn(C)c4)C3)cc3c(=O)n(C)c(C)nc23)cc1. The Bertz CT molecular complexity index is 1360. The van der Waals surface area contributed by atoms with Crippen LogP contribution in [0.4, 0.5) is 5.82 Å². The molecule has 8 nitrogen and oxygen atoms in total. The van der Waals surface area contributed by atoms with Crippen LogP contribution in [-0.2, 0) is 18.8 Å². The number of aryl methyl sites for hydroxylation is 3. The second-order valence-corrected chi connectivity index (χ2v) is 8.37. The molecule has 5 rings (SSSR count). The highest BCUT2D eigenvalue weighted by Gasteiger charge is 2.25. The number of hydrogen-bond donors (Lipinski definition) is 0. The summed E-state index contributed by atoms with van der Waals surface area (Å²) in [6.07, 6.45) is 3.71. The summed E-state index contributed by atoms with van der Waals surface area (Å²) in [5.41, 5.74) is 4.44. The van der Waals surface area contributed by atoms with E-state index >= 15 is 0 Å². The van der Waals surface area contributed by atoms with Crippen molar-refractivity contribution in [2.45, 2.75) is 20.0 Å². The Kier molecular flexibility index (Phi) is 5.01. The number of aromatic nitrogens is 5. The standard InChI is InChI=1S/C24H26N6O2/c1-15-5-7-17(8-6-15)22-23-19(24(31)29(4)16(2)26-23)11-21(27-22)30-9-10-32-20(14-30)18-12-25-28(3)13-18/h5-8,11-13,20H,9-10,14H2,1-4H3/t20-/m0/s1. The molecule has 0 amide bonds. The Hall–Kier alpha value is -3.52. The first-order valence-electron chi connectivity index (χ1n) is 10.7. The predicted molar refractivity (Wildman–Crippen MR) is 124 cm³/mol. The lowest BCUT2D eigenvalue weighted by Gasteiger charge is -2.33. The van der Waals surface area contributed by atoms with Crippen LogP contribution in [0.1, 0.15) is 23.1 Å². The van der Waals surface area contributed by atoms with E-state index in [2.05, 4.69) is 29.1 Å². The van der Waals surface area contributed by atoms with Crippen molar-refractivity contribution in [1.29, 1.82) is 0 Å². The van der Waals surface area contributed by atoms with Gasteiger partial charge in [0.2, 0.25) is 0 Å². The first kappa shape index (κ1) is 20.4. The minimum Gasteiger partial charge on any atom is -0.370 e. The van der Waals surface area contributed by atoms with Gasteiger partial charge in [0.05, 0.1) is 23.9 Å². The fourth-order valence-electron chi connectivity index (χ4n) is 4.11. The maximum atomic E-state index is 13.2. The minimum atomic E-state index is -0.100. The topological polar surface area (TPSA) is 78.1 Å².